The normalized spacial score (nSPS) is 18.0. The van der Waals surface area contributed by atoms with Crippen LogP contribution in [-0.4, -0.2) is 33.6 Å². The number of nitrogens with one attached hydrogen (secondary N) is 2. The van der Waals surface area contributed by atoms with Crippen LogP contribution in [0.3, 0.4) is 0 Å². The van der Waals surface area contributed by atoms with Gasteiger partial charge in [-0.05, 0) is 54.1 Å². The molecule has 1 aliphatic heterocycles. The Hall–Kier alpha value is -2.65. The molecule has 138 valence electrons. The Bertz CT molecular complexity index is 898. The number of rotatable bonds is 5. The summed E-state index contributed by atoms with van der Waals surface area (Å²) >= 11 is 4.50. The second kappa shape index (κ2) is 8.83. The van der Waals surface area contributed by atoms with E-state index in [-0.39, 0.29) is 24.0 Å². The van der Waals surface area contributed by atoms with Crippen molar-refractivity contribution in [1.82, 2.24) is 5.32 Å². The number of aromatic hydroxyl groups is 1. The Balaban J connectivity index is 1.54. The van der Waals surface area contributed by atoms with Crippen LogP contribution in [-0.2, 0) is 9.59 Å². The fourth-order valence-corrected chi connectivity index (χ4v) is 3.40. The Morgan fingerprint density at radius 3 is 2.63 bits per heavy atom. The van der Waals surface area contributed by atoms with E-state index < -0.39 is 5.25 Å². The van der Waals surface area contributed by atoms with Crippen LogP contribution in [0.2, 0.25) is 0 Å². The van der Waals surface area contributed by atoms with Crippen LogP contribution in [0.15, 0.2) is 63.2 Å². The molecule has 2 aromatic carbocycles. The van der Waals surface area contributed by atoms with Crippen LogP contribution in [0.25, 0.3) is 0 Å². The number of amidine groups is 1. The molecule has 2 amide bonds. The maximum atomic E-state index is 12.1. The zero-order valence-electron chi connectivity index (χ0n) is 13.9. The number of carbonyl (C=O) groups is 2. The van der Waals surface area contributed by atoms with E-state index in [0.29, 0.717) is 10.9 Å². The number of nitrogens with zero attached hydrogens (tertiary/aromatic N) is 2. The summed E-state index contributed by atoms with van der Waals surface area (Å²) in [6, 6.07) is 13.7. The maximum absolute atomic E-state index is 12.1. The third kappa shape index (κ3) is 5.66. The Labute approximate surface area is 168 Å². The molecule has 1 aliphatic rings. The first kappa shape index (κ1) is 19.1. The summed E-state index contributed by atoms with van der Waals surface area (Å²) in [7, 11) is 0. The van der Waals surface area contributed by atoms with Crippen molar-refractivity contribution in [3.05, 3.63) is 58.6 Å². The predicted octanol–water partition coefficient (Wildman–Crippen LogP) is 3.11. The molecular formula is C18H15BrN4O3S. The molecule has 0 aromatic heterocycles. The van der Waals surface area contributed by atoms with Crippen molar-refractivity contribution in [3.63, 3.8) is 0 Å². The minimum atomic E-state index is -0.553. The van der Waals surface area contributed by atoms with Gasteiger partial charge >= 0.3 is 0 Å². The maximum Gasteiger partial charge on any atom is 0.240 e. The van der Waals surface area contributed by atoms with Gasteiger partial charge in [-0.15, -0.1) is 5.10 Å². The number of hydrogen-bond acceptors (Lipinski definition) is 6. The lowest BCUT2D eigenvalue weighted by atomic mass is 10.2. The summed E-state index contributed by atoms with van der Waals surface area (Å²) in [4.78, 5) is 24.1. The topological polar surface area (TPSA) is 103 Å². The summed E-state index contributed by atoms with van der Waals surface area (Å²) < 4.78 is 0.917. The van der Waals surface area contributed by atoms with Crippen molar-refractivity contribution in [1.29, 1.82) is 0 Å². The van der Waals surface area contributed by atoms with E-state index >= 15 is 0 Å². The summed E-state index contributed by atoms with van der Waals surface area (Å²) in [5.74, 6) is -0.357. The average molecular weight is 447 g/mol. The highest BCUT2D eigenvalue weighted by molar-refractivity contribution is 9.10. The van der Waals surface area contributed by atoms with Crippen molar-refractivity contribution < 1.29 is 14.7 Å². The molecule has 0 saturated carbocycles. The van der Waals surface area contributed by atoms with E-state index in [1.54, 1.807) is 36.4 Å². The number of thioether (sulfide) groups is 1. The molecule has 7 nitrogen and oxygen atoms in total. The van der Waals surface area contributed by atoms with Gasteiger partial charge in [-0.3, -0.25) is 9.59 Å². The third-order valence-corrected chi connectivity index (χ3v) is 5.12. The average Bonchev–Trinajstić information content (AvgIpc) is 2.98. The molecule has 1 heterocycles. The number of benzene rings is 2. The van der Waals surface area contributed by atoms with Gasteiger partial charge in [-0.2, -0.15) is 5.10 Å². The molecule has 0 bridgehead atoms. The van der Waals surface area contributed by atoms with Crippen molar-refractivity contribution in [3.8, 4) is 5.75 Å². The highest BCUT2D eigenvalue weighted by atomic mass is 79.9. The summed E-state index contributed by atoms with van der Waals surface area (Å²) in [5.41, 5.74) is 1.43. The molecule has 0 aliphatic carbocycles. The lowest BCUT2D eigenvalue weighted by Gasteiger charge is -2.07. The minimum Gasteiger partial charge on any atom is -0.508 e. The van der Waals surface area contributed by atoms with Crippen molar-refractivity contribution >= 4 is 56.6 Å². The standard InChI is InChI=1S/C18H15BrN4O3S/c19-12-3-5-13(6-4-12)21-16(25)9-15-17(26)22-18(27-15)23-20-10-11-1-7-14(24)8-2-11/h1-8,10,15,24H,9H2,(H,21,25)(H,22,23,26)/b20-10-/t15-/m1/s1. The SMILES string of the molecule is O=C(C[C@H]1S/C(=N\N=C/c2ccc(O)cc2)NC1=O)Nc1ccc(Br)cc1. The van der Waals surface area contributed by atoms with Crippen molar-refractivity contribution in [2.45, 2.75) is 11.7 Å². The first-order valence-electron chi connectivity index (χ1n) is 7.92. The second-order valence-electron chi connectivity index (χ2n) is 5.60. The van der Waals surface area contributed by atoms with E-state index in [1.807, 2.05) is 12.1 Å². The number of phenolic OH excluding ortho intramolecular Hbond substituents is 1. The van der Waals surface area contributed by atoms with Crippen molar-refractivity contribution in [2.75, 3.05) is 5.32 Å². The van der Waals surface area contributed by atoms with Crippen LogP contribution >= 0.6 is 27.7 Å². The van der Waals surface area contributed by atoms with Crippen LogP contribution in [0.5, 0.6) is 5.75 Å². The van der Waals surface area contributed by atoms with Crippen LogP contribution < -0.4 is 10.6 Å². The Morgan fingerprint density at radius 1 is 1.22 bits per heavy atom. The number of carbonyl (C=O) groups excluding carboxylic acids is 2. The van der Waals surface area contributed by atoms with Crippen molar-refractivity contribution in [2.24, 2.45) is 10.2 Å². The molecule has 3 N–H and O–H groups in total. The molecule has 1 atom stereocenters. The number of phenols is 1. The lowest BCUT2D eigenvalue weighted by molar-refractivity contribution is -0.122. The first-order chi connectivity index (χ1) is 13.0. The summed E-state index contributed by atoms with van der Waals surface area (Å²) in [6.07, 6.45) is 1.54. The number of anilines is 1. The molecule has 1 fully saturated rings. The molecule has 0 spiro atoms. The van der Waals surface area contributed by atoms with Gasteiger partial charge < -0.3 is 15.7 Å². The van der Waals surface area contributed by atoms with Gasteiger partial charge in [0.1, 0.15) is 11.0 Å². The lowest BCUT2D eigenvalue weighted by Crippen LogP contribution is -2.28. The van der Waals surface area contributed by atoms with Gasteiger partial charge in [0.05, 0.1) is 6.21 Å². The fourth-order valence-electron chi connectivity index (χ4n) is 2.21. The van der Waals surface area contributed by atoms with Crippen LogP contribution in [0.4, 0.5) is 5.69 Å². The third-order valence-electron chi connectivity index (χ3n) is 3.52. The largest absolute Gasteiger partial charge is 0.508 e. The Morgan fingerprint density at radius 2 is 1.93 bits per heavy atom. The van der Waals surface area contributed by atoms with E-state index in [4.69, 9.17) is 0 Å². The zero-order valence-corrected chi connectivity index (χ0v) is 16.3. The molecule has 2 aromatic rings. The van der Waals surface area contributed by atoms with Gasteiger partial charge in [0.2, 0.25) is 11.8 Å². The zero-order chi connectivity index (χ0) is 19.2. The fraction of sp³-hybridized carbons (Fsp3) is 0.111. The predicted molar refractivity (Wildman–Crippen MR) is 110 cm³/mol. The molecule has 3 rings (SSSR count). The quantitative estimate of drug-likeness (QED) is 0.484. The molecule has 0 unspecified atom stereocenters. The van der Waals surface area contributed by atoms with Gasteiger partial charge in [-0.25, -0.2) is 0 Å². The van der Waals surface area contributed by atoms with E-state index in [9.17, 15) is 14.7 Å². The first-order valence-corrected chi connectivity index (χ1v) is 9.60. The molecule has 1 saturated heterocycles. The van der Waals surface area contributed by atoms with Gasteiger partial charge in [0.25, 0.3) is 0 Å². The van der Waals surface area contributed by atoms with Crippen LogP contribution in [0, 0.1) is 0 Å². The molecule has 27 heavy (non-hydrogen) atoms. The molecule has 0 radical (unpaired) electrons. The highest BCUT2D eigenvalue weighted by Gasteiger charge is 2.32. The van der Waals surface area contributed by atoms with E-state index in [0.717, 1.165) is 21.8 Å². The smallest absolute Gasteiger partial charge is 0.240 e. The highest BCUT2D eigenvalue weighted by Crippen LogP contribution is 2.23. The molecule has 9 heteroatoms. The van der Waals surface area contributed by atoms with Gasteiger partial charge in [0.15, 0.2) is 5.17 Å². The van der Waals surface area contributed by atoms with Crippen LogP contribution in [0.1, 0.15) is 12.0 Å². The number of amides is 2. The monoisotopic (exact) mass is 446 g/mol. The van der Waals surface area contributed by atoms with Gasteiger partial charge in [0, 0.05) is 16.6 Å². The summed E-state index contributed by atoms with van der Waals surface area (Å²) in [5, 5.41) is 22.3. The van der Waals surface area contributed by atoms with E-state index in [1.165, 1.54) is 6.21 Å². The van der Waals surface area contributed by atoms with Gasteiger partial charge in [-0.1, -0.05) is 27.7 Å². The molecular weight excluding hydrogens is 432 g/mol. The summed E-state index contributed by atoms with van der Waals surface area (Å²) in [6.45, 7) is 0. The minimum absolute atomic E-state index is 0.0350. The second-order valence-corrected chi connectivity index (χ2v) is 7.70. The number of hydrogen-bond donors (Lipinski definition) is 3. The number of halogens is 1. The van der Waals surface area contributed by atoms with E-state index in [2.05, 4.69) is 36.8 Å². The Kier molecular flexibility index (Phi) is 6.25.